The van der Waals surface area contributed by atoms with Gasteiger partial charge >= 0.3 is 11.9 Å². The molecule has 1 aliphatic heterocycles. The highest BCUT2D eigenvalue weighted by Crippen LogP contribution is 2.37. The van der Waals surface area contributed by atoms with Crippen molar-refractivity contribution in [2.45, 2.75) is 32.4 Å². The molecule has 2 heterocycles. The Morgan fingerprint density at radius 1 is 1.41 bits per heavy atom. The van der Waals surface area contributed by atoms with E-state index in [2.05, 4.69) is 16.9 Å². The molecule has 1 aromatic carbocycles. The van der Waals surface area contributed by atoms with Crippen molar-refractivity contribution in [3.05, 3.63) is 75.3 Å². The SMILES string of the molecule is C=COCC(C(=O)O)N(CCC)CC1=C(C(=O)OCC)C(c2ccc(F)cc2Cl)N=C(c2nccs2)N1. The number of benzene rings is 1. The smallest absolute Gasteiger partial charge is 0.338 e. The largest absolute Gasteiger partial charge is 0.500 e. The van der Waals surface area contributed by atoms with Gasteiger partial charge in [0.1, 0.15) is 24.5 Å². The van der Waals surface area contributed by atoms with E-state index in [1.807, 2.05) is 6.92 Å². The van der Waals surface area contributed by atoms with Crippen LogP contribution in [0.2, 0.25) is 5.02 Å². The fourth-order valence-corrected chi connectivity index (χ4v) is 4.75. The highest BCUT2D eigenvalue weighted by molar-refractivity contribution is 7.11. The van der Waals surface area contributed by atoms with Gasteiger partial charge in [0.2, 0.25) is 0 Å². The van der Waals surface area contributed by atoms with Gasteiger partial charge in [-0.1, -0.05) is 31.2 Å². The van der Waals surface area contributed by atoms with Crippen molar-refractivity contribution in [2.75, 3.05) is 26.3 Å². The standard InChI is InChI=1S/C25H28ClFN4O5S/c1-4-10-31(19(24(32)33)14-35-5-2)13-18-20(25(34)36-6-3)21(16-8-7-15(27)12-17(16)26)30-22(29-18)23-28-9-11-37-23/h5,7-9,11-12,19,21H,2,4,6,10,13-14H2,1,3H3,(H,29,30)(H,32,33). The molecule has 2 unspecified atom stereocenters. The summed E-state index contributed by atoms with van der Waals surface area (Å²) >= 11 is 7.74. The Hall–Kier alpha value is -3.28. The summed E-state index contributed by atoms with van der Waals surface area (Å²) in [5, 5.41) is 15.5. The molecule has 0 saturated heterocycles. The number of aliphatic carboxylic acids is 1. The Bertz CT molecular complexity index is 1190. The summed E-state index contributed by atoms with van der Waals surface area (Å²) in [6, 6.07) is 1.89. The maximum absolute atomic E-state index is 13.9. The normalized spacial score (nSPS) is 16.1. The van der Waals surface area contributed by atoms with Gasteiger partial charge in [0, 0.05) is 34.4 Å². The summed E-state index contributed by atoms with van der Waals surface area (Å²) in [5.41, 5.74) is 0.916. The zero-order chi connectivity index (χ0) is 26.9. The lowest BCUT2D eigenvalue weighted by molar-refractivity contribution is -0.144. The van der Waals surface area contributed by atoms with E-state index < -0.39 is 29.8 Å². The molecule has 2 aromatic rings. The van der Waals surface area contributed by atoms with Crippen LogP contribution in [-0.2, 0) is 19.1 Å². The number of carbonyl (C=O) groups is 2. The van der Waals surface area contributed by atoms with E-state index in [9.17, 15) is 19.1 Å². The number of esters is 1. The van der Waals surface area contributed by atoms with Crippen LogP contribution in [0.1, 0.15) is 36.9 Å². The quantitative estimate of drug-likeness (QED) is 0.282. The van der Waals surface area contributed by atoms with E-state index in [-0.39, 0.29) is 30.4 Å². The molecule has 37 heavy (non-hydrogen) atoms. The summed E-state index contributed by atoms with van der Waals surface area (Å²) in [6.07, 6.45) is 3.44. The van der Waals surface area contributed by atoms with E-state index >= 15 is 0 Å². The van der Waals surface area contributed by atoms with Crippen LogP contribution >= 0.6 is 22.9 Å². The lowest BCUT2D eigenvalue weighted by atomic mass is 9.95. The minimum Gasteiger partial charge on any atom is -0.500 e. The Labute approximate surface area is 223 Å². The van der Waals surface area contributed by atoms with Gasteiger partial charge in [0.05, 0.1) is 18.4 Å². The topological polar surface area (TPSA) is 113 Å². The Kier molecular flexibility index (Phi) is 10.2. The average Bonchev–Trinajstić information content (AvgIpc) is 3.39. The zero-order valence-corrected chi connectivity index (χ0v) is 22.0. The molecule has 9 nitrogen and oxygen atoms in total. The molecule has 2 N–H and O–H groups in total. The second kappa shape index (κ2) is 13.3. The number of ether oxygens (including phenoxy) is 2. The molecule has 0 fully saturated rings. The second-order valence-corrected chi connectivity index (χ2v) is 9.25. The van der Waals surface area contributed by atoms with Crippen molar-refractivity contribution in [3.8, 4) is 0 Å². The number of thiazole rings is 1. The number of aliphatic imine (C=N–C) groups is 1. The van der Waals surface area contributed by atoms with Crippen LogP contribution in [0, 0.1) is 5.82 Å². The average molecular weight is 551 g/mol. The van der Waals surface area contributed by atoms with Gasteiger partial charge in [-0.2, -0.15) is 0 Å². The van der Waals surface area contributed by atoms with Crippen molar-refractivity contribution < 1.29 is 28.6 Å². The molecule has 0 spiro atoms. The molecule has 0 bridgehead atoms. The van der Waals surface area contributed by atoms with E-state index in [0.29, 0.717) is 35.1 Å². The third-order valence-electron chi connectivity index (χ3n) is 5.48. The van der Waals surface area contributed by atoms with Crippen LogP contribution in [0.3, 0.4) is 0 Å². The van der Waals surface area contributed by atoms with E-state index in [4.69, 9.17) is 26.1 Å². The second-order valence-electron chi connectivity index (χ2n) is 7.95. The van der Waals surface area contributed by atoms with Gasteiger partial charge in [-0.25, -0.2) is 14.2 Å². The number of aromatic nitrogens is 1. The number of carboxylic acids is 1. The molecule has 0 saturated carbocycles. The fraction of sp³-hybridized carbons (Fsp3) is 0.360. The Morgan fingerprint density at radius 3 is 2.78 bits per heavy atom. The monoisotopic (exact) mass is 550 g/mol. The first-order valence-electron chi connectivity index (χ1n) is 11.6. The van der Waals surface area contributed by atoms with Crippen molar-refractivity contribution in [1.82, 2.24) is 15.2 Å². The lowest BCUT2D eigenvalue weighted by Crippen LogP contribution is -2.48. The third-order valence-corrected chi connectivity index (χ3v) is 6.59. The van der Waals surface area contributed by atoms with Crippen LogP contribution in [0.15, 0.2) is 58.9 Å². The molecule has 198 valence electrons. The molecule has 2 atom stereocenters. The van der Waals surface area contributed by atoms with Gasteiger partial charge in [-0.05, 0) is 32.0 Å². The van der Waals surface area contributed by atoms with Crippen LogP contribution in [0.5, 0.6) is 0 Å². The summed E-state index contributed by atoms with van der Waals surface area (Å²) in [7, 11) is 0. The molecule has 0 amide bonds. The summed E-state index contributed by atoms with van der Waals surface area (Å²) in [6.45, 7) is 7.46. The van der Waals surface area contributed by atoms with Crippen molar-refractivity contribution in [1.29, 1.82) is 0 Å². The molecular weight excluding hydrogens is 523 g/mol. The number of carboxylic acid groups (broad SMARTS) is 1. The van der Waals surface area contributed by atoms with E-state index in [1.54, 1.807) is 23.4 Å². The van der Waals surface area contributed by atoms with Gasteiger partial charge in [-0.3, -0.25) is 14.7 Å². The van der Waals surface area contributed by atoms with Crippen molar-refractivity contribution >= 4 is 40.7 Å². The Balaban J connectivity index is 2.17. The molecule has 1 aliphatic rings. The van der Waals surface area contributed by atoms with Crippen LogP contribution in [0.25, 0.3) is 0 Å². The minimum atomic E-state index is -1.09. The zero-order valence-electron chi connectivity index (χ0n) is 20.4. The molecule has 0 radical (unpaired) electrons. The Morgan fingerprint density at radius 2 is 2.19 bits per heavy atom. The molecule has 0 aliphatic carbocycles. The minimum absolute atomic E-state index is 0.0270. The number of amidine groups is 1. The first-order valence-corrected chi connectivity index (χ1v) is 12.9. The number of rotatable bonds is 13. The lowest BCUT2D eigenvalue weighted by Gasteiger charge is -2.33. The summed E-state index contributed by atoms with van der Waals surface area (Å²) < 4.78 is 24.4. The maximum Gasteiger partial charge on any atom is 0.338 e. The van der Waals surface area contributed by atoms with Crippen LogP contribution in [0.4, 0.5) is 4.39 Å². The van der Waals surface area contributed by atoms with Gasteiger partial charge in [-0.15, -0.1) is 11.3 Å². The molecule has 3 rings (SSSR count). The number of hydrogen-bond donors (Lipinski definition) is 2. The molecule has 1 aromatic heterocycles. The highest BCUT2D eigenvalue weighted by atomic mass is 35.5. The van der Waals surface area contributed by atoms with Crippen LogP contribution in [-0.4, -0.2) is 65.1 Å². The molecule has 12 heteroatoms. The maximum atomic E-state index is 13.9. The predicted octanol–water partition coefficient (Wildman–Crippen LogP) is 4.17. The van der Waals surface area contributed by atoms with E-state index in [1.165, 1.54) is 29.7 Å². The third kappa shape index (κ3) is 6.94. The van der Waals surface area contributed by atoms with E-state index in [0.717, 1.165) is 6.07 Å². The predicted molar refractivity (Wildman–Crippen MR) is 139 cm³/mol. The first-order chi connectivity index (χ1) is 17.8. The van der Waals surface area contributed by atoms with Gasteiger partial charge < -0.3 is 19.9 Å². The summed E-state index contributed by atoms with van der Waals surface area (Å²) in [5.74, 6) is -1.90. The number of nitrogens with one attached hydrogen (secondary N) is 1. The first kappa shape index (κ1) is 28.3. The van der Waals surface area contributed by atoms with Gasteiger partial charge in [0.25, 0.3) is 0 Å². The number of halogens is 2. The highest BCUT2D eigenvalue weighted by Gasteiger charge is 2.36. The van der Waals surface area contributed by atoms with Gasteiger partial charge in [0.15, 0.2) is 10.8 Å². The fourth-order valence-electron chi connectivity index (χ4n) is 3.89. The summed E-state index contributed by atoms with van der Waals surface area (Å²) in [4.78, 5) is 36.1. The van der Waals surface area contributed by atoms with Crippen molar-refractivity contribution in [3.63, 3.8) is 0 Å². The number of nitrogens with zero attached hydrogens (tertiary/aromatic N) is 3. The van der Waals surface area contributed by atoms with Crippen molar-refractivity contribution in [2.24, 2.45) is 4.99 Å². The number of carbonyl (C=O) groups excluding carboxylic acids is 1. The molecular formula is C25H28ClFN4O5S. The van der Waals surface area contributed by atoms with Crippen LogP contribution < -0.4 is 5.32 Å². The number of hydrogen-bond acceptors (Lipinski definition) is 9.